The number of allylic oxidation sites excluding steroid dienone is 2. The fourth-order valence-electron chi connectivity index (χ4n) is 1.77. The monoisotopic (exact) mass is 275 g/mol. The van der Waals surface area contributed by atoms with Crippen molar-refractivity contribution in [1.82, 2.24) is 10.4 Å². The largest absolute Gasteiger partial charge is 0.272 e. The summed E-state index contributed by atoms with van der Waals surface area (Å²) in [7, 11) is 0. The van der Waals surface area contributed by atoms with E-state index in [1.165, 1.54) is 11.8 Å². The number of amides is 1. The Morgan fingerprint density at radius 1 is 1.53 bits per heavy atom. The maximum atomic E-state index is 11.6. The van der Waals surface area contributed by atoms with Crippen LogP contribution in [0.2, 0.25) is 0 Å². The first kappa shape index (κ1) is 13.8. The molecular weight excluding hydrogens is 258 g/mol. The molecular formula is C14H17N3OS. The molecule has 4 nitrogen and oxygen atoms in total. The molecule has 0 saturated carbocycles. The Morgan fingerprint density at radius 2 is 2.47 bits per heavy atom. The highest BCUT2D eigenvalue weighted by molar-refractivity contribution is 7.99. The van der Waals surface area contributed by atoms with Gasteiger partial charge in [-0.15, -0.1) is 0 Å². The van der Waals surface area contributed by atoms with Gasteiger partial charge in [-0.25, -0.2) is 10.4 Å². The van der Waals surface area contributed by atoms with Crippen molar-refractivity contribution in [2.24, 2.45) is 11.0 Å². The van der Waals surface area contributed by atoms with Crippen molar-refractivity contribution in [2.75, 3.05) is 5.75 Å². The van der Waals surface area contributed by atoms with E-state index in [2.05, 4.69) is 27.7 Å². The molecule has 1 aromatic heterocycles. The van der Waals surface area contributed by atoms with Gasteiger partial charge in [0.2, 0.25) is 5.91 Å². The van der Waals surface area contributed by atoms with Crippen LogP contribution in [0.4, 0.5) is 0 Å². The molecule has 100 valence electrons. The number of thioether (sulfide) groups is 1. The third-order valence-corrected chi connectivity index (χ3v) is 3.72. The second kappa shape index (κ2) is 7.74. The molecule has 5 heteroatoms. The Bertz CT molecular complexity index is 459. The second-order valence-electron chi connectivity index (χ2n) is 4.31. The van der Waals surface area contributed by atoms with Gasteiger partial charge in [0, 0.05) is 12.4 Å². The number of hydrazone groups is 1. The zero-order chi connectivity index (χ0) is 13.3. The van der Waals surface area contributed by atoms with Gasteiger partial charge in [-0.3, -0.25) is 4.79 Å². The number of aromatic nitrogens is 1. The van der Waals surface area contributed by atoms with Crippen LogP contribution in [0.3, 0.4) is 0 Å². The lowest BCUT2D eigenvalue weighted by atomic mass is 9.96. The first-order valence-corrected chi connectivity index (χ1v) is 7.34. The molecule has 0 unspecified atom stereocenters. The summed E-state index contributed by atoms with van der Waals surface area (Å²) in [5.74, 6) is 0.686. The summed E-state index contributed by atoms with van der Waals surface area (Å²) >= 11 is 1.41. The Balaban J connectivity index is 1.67. The first-order chi connectivity index (χ1) is 9.34. The molecule has 1 amide bonds. The molecule has 1 aromatic rings. The quantitative estimate of drug-likeness (QED) is 0.389. The van der Waals surface area contributed by atoms with Gasteiger partial charge in [-0.1, -0.05) is 30.0 Å². The highest BCUT2D eigenvalue weighted by Gasteiger charge is 2.07. The van der Waals surface area contributed by atoms with Crippen LogP contribution < -0.4 is 5.43 Å². The number of nitrogens with one attached hydrogen (secondary N) is 1. The Hall–Kier alpha value is -1.62. The van der Waals surface area contributed by atoms with Gasteiger partial charge in [0.15, 0.2) is 0 Å². The number of hydrogen-bond donors (Lipinski definition) is 1. The molecule has 1 aliphatic carbocycles. The normalized spacial score (nSPS) is 18.6. The molecule has 0 bridgehead atoms. The molecule has 1 aliphatic rings. The van der Waals surface area contributed by atoms with Gasteiger partial charge in [0.1, 0.15) is 0 Å². The Kier molecular flexibility index (Phi) is 5.62. The summed E-state index contributed by atoms with van der Waals surface area (Å²) in [6, 6.07) is 5.64. The SMILES string of the molecule is O=C(CSc1ccccn1)N/N=C\[C@@H]1CC=CCC1. The second-order valence-corrected chi connectivity index (χ2v) is 5.31. The summed E-state index contributed by atoms with van der Waals surface area (Å²) in [4.78, 5) is 15.7. The van der Waals surface area contributed by atoms with Crippen LogP contribution in [0.25, 0.3) is 0 Å². The first-order valence-electron chi connectivity index (χ1n) is 6.35. The summed E-state index contributed by atoms with van der Waals surface area (Å²) < 4.78 is 0. The van der Waals surface area contributed by atoms with Crippen molar-refractivity contribution in [1.29, 1.82) is 0 Å². The number of rotatable bonds is 5. The van der Waals surface area contributed by atoms with Crippen molar-refractivity contribution in [2.45, 2.75) is 24.3 Å². The molecule has 2 rings (SSSR count). The van der Waals surface area contributed by atoms with E-state index in [0.29, 0.717) is 11.7 Å². The maximum Gasteiger partial charge on any atom is 0.250 e. The van der Waals surface area contributed by atoms with E-state index in [4.69, 9.17) is 0 Å². The maximum absolute atomic E-state index is 11.6. The minimum absolute atomic E-state index is 0.0988. The summed E-state index contributed by atoms with van der Waals surface area (Å²) in [5.41, 5.74) is 2.56. The minimum Gasteiger partial charge on any atom is -0.272 e. The molecule has 1 atom stereocenters. The van der Waals surface area contributed by atoms with Crippen molar-refractivity contribution in [3.05, 3.63) is 36.5 Å². The summed E-state index contributed by atoms with van der Waals surface area (Å²) in [6.07, 6.45) is 11.1. The van der Waals surface area contributed by atoms with E-state index >= 15 is 0 Å². The molecule has 1 N–H and O–H groups in total. The topological polar surface area (TPSA) is 54.4 Å². The van der Waals surface area contributed by atoms with Crippen LogP contribution >= 0.6 is 11.8 Å². The molecule has 1 heterocycles. The molecule has 0 saturated heterocycles. The van der Waals surface area contributed by atoms with Crippen molar-refractivity contribution in [3.63, 3.8) is 0 Å². The number of pyridine rings is 1. The van der Waals surface area contributed by atoms with E-state index in [1.807, 2.05) is 24.4 Å². The van der Waals surface area contributed by atoms with Crippen LogP contribution in [0.15, 0.2) is 46.7 Å². The Morgan fingerprint density at radius 3 is 3.21 bits per heavy atom. The highest BCUT2D eigenvalue weighted by atomic mass is 32.2. The fraction of sp³-hybridized carbons (Fsp3) is 0.357. The fourth-order valence-corrected chi connectivity index (χ4v) is 2.43. The van der Waals surface area contributed by atoms with E-state index < -0.39 is 0 Å². The number of hydrogen-bond acceptors (Lipinski definition) is 4. The van der Waals surface area contributed by atoms with E-state index in [1.54, 1.807) is 6.20 Å². The zero-order valence-electron chi connectivity index (χ0n) is 10.7. The number of nitrogens with zero attached hydrogens (tertiary/aromatic N) is 2. The van der Waals surface area contributed by atoms with Crippen molar-refractivity contribution >= 4 is 23.9 Å². The van der Waals surface area contributed by atoms with Gasteiger partial charge in [-0.2, -0.15) is 5.10 Å². The lowest BCUT2D eigenvalue weighted by Gasteiger charge is -2.11. The standard InChI is InChI=1S/C14H17N3OS/c18-13(11-19-14-8-4-5-9-15-14)17-16-10-12-6-2-1-3-7-12/h1-2,4-5,8-10,12H,3,6-7,11H2,(H,17,18)/b16-10-/t12-/m1/s1. The van der Waals surface area contributed by atoms with Gasteiger partial charge < -0.3 is 0 Å². The third-order valence-electron chi connectivity index (χ3n) is 2.77. The Labute approximate surface area is 117 Å². The van der Waals surface area contributed by atoms with Gasteiger partial charge in [0.25, 0.3) is 0 Å². The number of carbonyl (C=O) groups is 1. The predicted octanol–water partition coefficient (Wildman–Crippen LogP) is 2.63. The average Bonchev–Trinajstić information content (AvgIpc) is 2.47. The predicted molar refractivity (Wildman–Crippen MR) is 78.1 cm³/mol. The van der Waals surface area contributed by atoms with E-state index in [0.717, 1.165) is 24.3 Å². The summed E-state index contributed by atoms with van der Waals surface area (Å²) in [5, 5.41) is 4.86. The molecule has 0 aliphatic heterocycles. The van der Waals surface area contributed by atoms with Crippen LogP contribution in [0.5, 0.6) is 0 Å². The third kappa shape index (κ3) is 5.26. The van der Waals surface area contributed by atoms with Gasteiger partial charge in [0.05, 0.1) is 10.8 Å². The lowest BCUT2D eigenvalue weighted by molar-refractivity contribution is -0.118. The van der Waals surface area contributed by atoms with E-state index in [9.17, 15) is 4.79 Å². The van der Waals surface area contributed by atoms with Crippen LogP contribution in [-0.4, -0.2) is 22.9 Å². The molecule has 0 aromatic carbocycles. The smallest absolute Gasteiger partial charge is 0.250 e. The van der Waals surface area contributed by atoms with E-state index in [-0.39, 0.29) is 5.91 Å². The van der Waals surface area contributed by atoms with Crippen LogP contribution in [0, 0.1) is 5.92 Å². The molecule has 0 fully saturated rings. The van der Waals surface area contributed by atoms with Gasteiger partial charge in [-0.05, 0) is 37.3 Å². The lowest BCUT2D eigenvalue weighted by Crippen LogP contribution is -2.20. The molecule has 0 radical (unpaired) electrons. The molecule has 19 heavy (non-hydrogen) atoms. The van der Waals surface area contributed by atoms with Crippen molar-refractivity contribution in [3.8, 4) is 0 Å². The van der Waals surface area contributed by atoms with Crippen molar-refractivity contribution < 1.29 is 4.79 Å². The number of carbonyl (C=O) groups excluding carboxylic acids is 1. The molecule has 0 spiro atoms. The highest BCUT2D eigenvalue weighted by Crippen LogP contribution is 2.15. The summed E-state index contributed by atoms with van der Waals surface area (Å²) in [6.45, 7) is 0. The average molecular weight is 275 g/mol. The van der Waals surface area contributed by atoms with Crippen LogP contribution in [0.1, 0.15) is 19.3 Å². The van der Waals surface area contributed by atoms with Crippen LogP contribution in [-0.2, 0) is 4.79 Å². The zero-order valence-corrected chi connectivity index (χ0v) is 11.5. The minimum atomic E-state index is -0.0988. The van der Waals surface area contributed by atoms with Gasteiger partial charge >= 0.3 is 0 Å².